The first kappa shape index (κ1) is 31.7. The summed E-state index contributed by atoms with van der Waals surface area (Å²) in [5.41, 5.74) is 0. The average Bonchev–Trinajstić information content (AvgIpc) is 2.88. The molecule has 0 aromatic heterocycles. The number of hydrogen-bond acceptors (Lipinski definition) is 12. The van der Waals surface area contributed by atoms with Crippen LogP contribution in [-0.4, -0.2) is 133 Å². The maximum atomic E-state index is 10.8. The van der Waals surface area contributed by atoms with Gasteiger partial charge in [-0.25, -0.2) is 0 Å². The fourth-order valence-corrected chi connectivity index (χ4v) is 4.94. The van der Waals surface area contributed by atoms with E-state index in [4.69, 9.17) is 28.4 Å². The van der Waals surface area contributed by atoms with Gasteiger partial charge in [0.2, 0.25) is 0 Å². The lowest BCUT2D eigenvalue weighted by Gasteiger charge is -2.45. The molecule has 0 amide bonds. The van der Waals surface area contributed by atoms with E-state index in [1.54, 1.807) is 6.92 Å². The van der Waals surface area contributed by atoms with E-state index in [-0.39, 0.29) is 37.6 Å². The fourth-order valence-electron chi connectivity index (χ4n) is 4.94. The van der Waals surface area contributed by atoms with Gasteiger partial charge >= 0.3 is 0 Å². The molecule has 6 N–H and O–H groups in total. The van der Waals surface area contributed by atoms with E-state index < -0.39 is 73.9 Å². The van der Waals surface area contributed by atoms with Gasteiger partial charge < -0.3 is 59.1 Å². The molecule has 2 heterocycles. The Bertz CT molecular complexity index is 624. The van der Waals surface area contributed by atoms with Crippen molar-refractivity contribution in [2.75, 3.05) is 40.6 Å². The SMILES string of the molecule is CO[C@@H]([C@H](OC)[C@H](O)CO[C@@H]1O[C@H](CO[C@@H]2O[C@H](CO)[C@@H](C)[C@H](O)[C@H]2C)[C@@H](C)[C@H](O)[C@H]1C)[C@H](O)CO. The van der Waals surface area contributed by atoms with Crippen LogP contribution < -0.4 is 0 Å². The van der Waals surface area contributed by atoms with Crippen LogP contribution in [0.3, 0.4) is 0 Å². The van der Waals surface area contributed by atoms with Gasteiger partial charge in [-0.2, -0.15) is 0 Å². The number of aliphatic hydroxyl groups excluding tert-OH is 6. The number of hydrogen-bond donors (Lipinski definition) is 6. The molecule has 0 bridgehead atoms. The van der Waals surface area contributed by atoms with Gasteiger partial charge in [0.15, 0.2) is 12.6 Å². The van der Waals surface area contributed by atoms with Crippen molar-refractivity contribution in [2.24, 2.45) is 23.7 Å². The molecule has 36 heavy (non-hydrogen) atoms. The minimum absolute atomic E-state index is 0.0523. The summed E-state index contributed by atoms with van der Waals surface area (Å²) in [5.74, 6) is -1.29. The van der Waals surface area contributed by atoms with Crippen LogP contribution in [0.2, 0.25) is 0 Å². The molecule has 0 spiro atoms. The zero-order valence-corrected chi connectivity index (χ0v) is 22.0. The highest BCUT2D eigenvalue weighted by Gasteiger charge is 2.45. The van der Waals surface area contributed by atoms with Crippen molar-refractivity contribution in [3.8, 4) is 0 Å². The lowest BCUT2D eigenvalue weighted by molar-refractivity contribution is -0.305. The molecule has 0 unspecified atom stereocenters. The Balaban J connectivity index is 1.99. The Morgan fingerprint density at radius 1 is 0.694 bits per heavy atom. The highest BCUT2D eigenvalue weighted by molar-refractivity contribution is 4.88. The predicted octanol–water partition coefficient (Wildman–Crippen LogP) is -1.53. The van der Waals surface area contributed by atoms with E-state index in [1.807, 2.05) is 20.8 Å². The maximum absolute atomic E-state index is 10.8. The number of ether oxygens (including phenoxy) is 6. The summed E-state index contributed by atoms with van der Waals surface area (Å²) in [6.07, 6.45) is -8.71. The van der Waals surface area contributed by atoms with Gasteiger partial charge in [0.25, 0.3) is 0 Å². The molecule has 0 radical (unpaired) electrons. The monoisotopic (exact) mass is 526 g/mol. The molecule has 0 aliphatic carbocycles. The topological polar surface area (TPSA) is 177 Å². The molecular formula is C24H46O12. The molecule has 214 valence electrons. The van der Waals surface area contributed by atoms with Gasteiger partial charge in [0, 0.05) is 37.9 Å². The van der Waals surface area contributed by atoms with Gasteiger partial charge in [0.1, 0.15) is 24.4 Å². The largest absolute Gasteiger partial charge is 0.394 e. The van der Waals surface area contributed by atoms with E-state index in [1.165, 1.54) is 14.2 Å². The number of rotatable bonds is 13. The second-order valence-electron chi connectivity index (χ2n) is 10.1. The van der Waals surface area contributed by atoms with Crippen LogP contribution in [-0.2, 0) is 28.4 Å². The lowest BCUT2D eigenvalue weighted by atomic mass is 9.85. The molecule has 2 aliphatic rings. The molecule has 14 atom stereocenters. The standard InChI is InChI=1S/C24H46O12/c1-11-17(8-26)35-24(13(3)19(11)29)34-10-18-12(2)20(30)14(4)23(36-18)33-9-16(28)22(32-6)21(31-5)15(27)7-25/h11-30H,7-10H2,1-6H3/t11-,12-,13-,14-,15-,16-,17-,18-,19+,20+,21-,22-,23-,24-/m1/s1. The van der Waals surface area contributed by atoms with Crippen molar-refractivity contribution in [3.05, 3.63) is 0 Å². The first-order valence-electron chi connectivity index (χ1n) is 12.6. The molecule has 2 aliphatic heterocycles. The zero-order chi connectivity index (χ0) is 27.2. The third kappa shape index (κ3) is 7.33. The van der Waals surface area contributed by atoms with Crippen LogP contribution in [0.5, 0.6) is 0 Å². The Morgan fingerprint density at radius 3 is 1.67 bits per heavy atom. The Morgan fingerprint density at radius 2 is 1.17 bits per heavy atom. The Kier molecular flexibility index (Phi) is 12.9. The van der Waals surface area contributed by atoms with Crippen molar-refractivity contribution in [2.45, 2.75) is 89.1 Å². The van der Waals surface area contributed by atoms with E-state index >= 15 is 0 Å². The highest BCUT2D eigenvalue weighted by atomic mass is 16.7. The lowest BCUT2D eigenvalue weighted by Crippen LogP contribution is -2.55. The predicted molar refractivity (Wildman–Crippen MR) is 126 cm³/mol. The highest BCUT2D eigenvalue weighted by Crippen LogP contribution is 2.34. The van der Waals surface area contributed by atoms with Gasteiger partial charge in [-0.1, -0.05) is 27.7 Å². The Labute approximate surface area is 213 Å². The summed E-state index contributed by atoms with van der Waals surface area (Å²) in [5, 5.41) is 60.7. The van der Waals surface area contributed by atoms with Crippen molar-refractivity contribution in [1.82, 2.24) is 0 Å². The van der Waals surface area contributed by atoms with E-state index in [9.17, 15) is 30.6 Å². The van der Waals surface area contributed by atoms with Gasteiger partial charge in [-0.15, -0.1) is 0 Å². The summed E-state index contributed by atoms with van der Waals surface area (Å²) in [4.78, 5) is 0. The fraction of sp³-hybridized carbons (Fsp3) is 1.00. The van der Waals surface area contributed by atoms with E-state index in [0.29, 0.717) is 0 Å². The van der Waals surface area contributed by atoms with Crippen molar-refractivity contribution in [3.63, 3.8) is 0 Å². The second-order valence-corrected chi connectivity index (χ2v) is 10.1. The summed E-state index contributed by atoms with van der Waals surface area (Å²) in [6, 6.07) is 0. The summed E-state index contributed by atoms with van der Waals surface area (Å²) in [7, 11) is 2.67. The molecule has 12 nitrogen and oxygen atoms in total. The van der Waals surface area contributed by atoms with Crippen LogP contribution in [0.25, 0.3) is 0 Å². The van der Waals surface area contributed by atoms with Crippen molar-refractivity contribution in [1.29, 1.82) is 0 Å². The molecule has 12 heteroatoms. The smallest absolute Gasteiger partial charge is 0.163 e. The van der Waals surface area contributed by atoms with Gasteiger partial charge in [-0.3, -0.25) is 0 Å². The molecule has 0 saturated carbocycles. The van der Waals surface area contributed by atoms with Crippen LogP contribution in [0.15, 0.2) is 0 Å². The summed E-state index contributed by atoms with van der Waals surface area (Å²) >= 11 is 0. The molecule has 2 fully saturated rings. The first-order chi connectivity index (χ1) is 17.0. The van der Waals surface area contributed by atoms with E-state index in [0.717, 1.165) is 0 Å². The molecule has 2 rings (SSSR count). The number of aliphatic hydroxyl groups is 6. The van der Waals surface area contributed by atoms with Gasteiger partial charge in [0.05, 0.1) is 50.8 Å². The Hall–Kier alpha value is -0.480. The second kappa shape index (κ2) is 14.6. The van der Waals surface area contributed by atoms with Crippen LogP contribution >= 0.6 is 0 Å². The summed E-state index contributed by atoms with van der Waals surface area (Å²) < 4.78 is 34.1. The molecule has 0 aromatic rings. The average molecular weight is 527 g/mol. The van der Waals surface area contributed by atoms with Crippen LogP contribution in [0.1, 0.15) is 27.7 Å². The minimum atomic E-state index is -1.26. The van der Waals surface area contributed by atoms with E-state index in [2.05, 4.69) is 0 Å². The van der Waals surface area contributed by atoms with Crippen molar-refractivity contribution < 1.29 is 59.1 Å². The minimum Gasteiger partial charge on any atom is -0.394 e. The number of methoxy groups -OCH3 is 2. The maximum Gasteiger partial charge on any atom is 0.163 e. The van der Waals surface area contributed by atoms with Gasteiger partial charge in [-0.05, 0) is 0 Å². The normalized spacial score (nSPS) is 41.0. The molecular weight excluding hydrogens is 480 g/mol. The summed E-state index contributed by atoms with van der Waals surface area (Å²) in [6.45, 7) is 6.22. The third-order valence-corrected chi connectivity index (χ3v) is 7.65. The zero-order valence-electron chi connectivity index (χ0n) is 22.0. The molecule has 0 aromatic carbocycles. The van der Waals surface area contributed by atoms with Crippen LogP contribution in [0.4, 0.5) is 0 Å². The molecule has 2 saturated heterocycles. The third-order valence-electron chi connectivity index (χ3n) is 7.65. The van der Waals surface area contributed by atoms with Crippen LogP contribution in [0, 0.1) is 23.7 Å². The first-order valence-corrected chi connectivity index (χ1v) is 12.6. The van der Waals surface area contributed by atoms with Crippen molar-refractivity contribution >= 4 is 0 Å². The quantitative estimate of drug-likeness (QED) is 0.163.